The molecule has 0 amide bonds. The average molecular weight is 400 g/mol. The van der Waals surface area contributed by atoms with E-state index in [2.05, 4.69) is 32.0 Å². The number of hydrogen-bond donors (Lipinski definition) is 3. The Morgan fingerprint density at radius 2 is 2.31 bits per heavy atom. The molecule has 5 N–H and O–H groups in total. The Hall–Kier alpha value is 1.22. The lowest BCUT2D eigenvalue weighted by molar-refractivity contribution is -0.450. The summed E-state index contributed by atoms with van der Waals surface area (Å²) in [7, 11) is 0. The van der Waals surface area contributed by atoms with Gasteiger partial charge in [-0.2, -0.15) is 0 Å². The van der Waals surface area contributed by atoms with Gasteiger partial charge in [-0.15, -0.1) is 0 Å². The molecule has 0 saturated heterocycles. The van der Waals surface area contributed by atoms with Gasteiger partial charge in [0.05, 0.1) is 11.8 Å². The number of quaternary nitrogens is 1. The van der Waals surface area contributed by atoms with E-state index in [-0.39, 0.29) is 34.0 Å². The Balaban J connectivity index is 0. The van der Waals surface area contributed by atoms with E-state index in [1.807, 2.05) is 11.8 Å². The lowest BCUT2D eigenvalue weighted by Gasteiger charge is -1.97. The fraction of sp³-hybridized carbons (Fsp3) is 0.833. The number of hydrogen-bond acceptors (Lipinski definition) is 2. The second-order valence-corrected chi connectivity index (χ2v) is 4.34. The molecule has 1 heterocycles. The molecule has 0 aromatic rings. The van der Waals surface area contributed by atoms with Crippen molar-refractivity contribution < 1.29 is 44.7 Å². The summed E-state index contributed by atoms with van der Waals surface area (Å²) in [4.78, 5) is 3.30. The lowest BCUT2D eigenvalue weighted by atomic mass is 10.5. The molecule has 0 fully saturated rings. The number of amidine groups is 1. The molecular weight excluding hydrogens is 386 g/mol. The molecule has 0 saturated carbocycles. The van der Waals surface area contributed by atoms with Crippen LogP contribution in [-0.2, 0) is 0 Å². The molecule has 0 radical (unpaired) electrons. The van der Waals surface area contributed by atoms with E-state index in [1.165, 1.54) is 5.17 Å². The highest BCUT2D eigenvalue weighted by atomic mass is 79.9. The summed E-state index contributed by atoms with van der Waals surface area (Å²) in [6, 6.07) is 0. The van der Waals surface area contributed by atoms with E-state index in [0.29, 0.717) is 5.25 Å². The van der Waals surface area contributed by atoms with Gasteiger partial charge in [0, 0.05) is 5.33 Å². The third kappa shape index (κ3) is 6.33. The van der Waals surface area contributed by atoms with Gasteiger partial charge < -0.3 is 39.7 Å². The van der Waals surface area contributed by atoms with Gasteiger partial charge in [-0.1, -0.05) is 15.9 Å². The second-order valence-electron chi connectivity index (χ2n) is 2.38. The van der Waals surface area contributed by atoms with Crippen LogP contribution < -0.4 is 50.0 Å². The van der Waals surface area contributed by atoms with Gasteiger partial charge in [-0.05, 0) is 11.8 Å². The first-order valence-electron chi connectivity index (χ1n) is 3.73. The maximum absolute atomic E-state index is 3.76. The Morgan fingerprint density at radius 3 is 2.77 bits per heavy atom. The van der Waals surface area contributed by atoms with Crippen LogP contribution >= 0.6 is 27.7 Å². The first kappa shape index (κ1) is 16.6. The molecule has 7 heteroatoms. The number of alkyl halides is 1. The molecule has 1 aliphatic rings. The van der Waals surface area contributed by atoms with Gasteiger partial charge in [0.25, 0.3) is 0 Å². The van der Waals surface area contributed by atoms with E-state index in [1.54, 1.807) is 0 Å². The number of halogens is 3. The van der Waals surface area contributed by atoms with Crippen molar-refractivity contribution in [2.75, 3.05) is 25.0 Å². The number of rotatable bonds is 3. The van der Waals surface area contributed by atoms with Crippen molar-refractivity contribution in [2.24, 2.45) is 0 Å². The highest BCUT2D eigenvalue weighted by Crippen LogP contribution is 2.12. The zero-order valence-electron chi connectivity index (χ0n) is 7.16. The van der Waals surface area contributed by atoms with Crippen LogP contribution in [0, 0.1) is 0 Å². The predicted molar refractivity (Wildman–Crippen MR) is 51.8 cm³/mol. The number of thioether (sulfide) groups is 1. The quantitative estimate of drug-likeness (QED) is 0.413. The van der Waals surface area contributed by atoms with Crippen LogP contribution in [0.3, 0.4) is 0 Å². The minimum Gasteiger partial charge on any atom is -1.00 e. The second kappa shape index (κ2) is 9.76. The van der Waals surface area contributed by atoms with Crippen molar-refractivity contribution in [3.05, 3.63) is 0 Å². The summed E-state index contributed by atoms with van der Waals surface area (Å²) in [5, 5.41) is 6.23. The summed E-state index contributed by atoms with van der Waals surface area (Å²) in [5.74, 6) is 0. The topological polar surface area (TPSA) is 53.6 Å². The predicted octanol–water partition coefficient (Wildman–Crippen LogP) is -8.23. The highest BCUT2D eigenvalue weighted by Gasteiger charge is 2.22. The minimum atomic E-state index is 0. The van der Waals surface area contributed by atoms with Crippen LogP contribution in [0.1, 0.15) is 0 Å². The van der Waals surface area contributed by atoms with Crippen LogP contribution in [0.2, 0.25) is 0 Å². The zero-order chi connectivity index (χ0) is 8.10. The molecule has 0 aliphatic carbocycles. The van der Waals surface area contributed by atoms with E-state index in [9.17, 15) is 0 Å². The van der Waals surface area contributed by atoms with Crippen molar-refractivity contribution in [1.82, 2.24) is 5.32 Å². The monoisotopic (exact) mass is 397 g/mol. The molecule has 0 spiro atoms. The normalized spacial score (nSPS) is 19.8. The van der Waals surface area contributed by atoms with Crippen LogP contribution in [-0.4, -0.2) is 35.4 Å². The van der Waals surface area contributed by atoms with Gasteiger partial charge >= 0.3 is 5.17 Å². The molecule has 0 aromatic carbocycles. The van der Waals surface area contributed by atoms with Crippen LogP contribution in [0.25, 0.3) is 0 Å². The Kier molecular flexibility index (Phi) is 12.5. The minimum absolute atomic E-state index is 0. The average Bonchev–Trinajstić information content (AvgIpc) is 2.48. The molecule has 1 unspecified atom stereocenters. The van der Waals surface area contributed by atoms with E-state index in [4.69, 9.17) is 0 Å². The third-order valence-corrected chi connectivity index (χ3v) is 3.81. The van der Waals surface area contributed by atoms with Gasteiger partial charge in [-0.25, -0.2) is 0 Å². The standard InChI is InChI=1S/C6H12BrN3S.2BrH/c7-3-5-4-10-6(11-5)9-2-1-8;;/h5H,1-4,8H2,(H,9,10);2*1H. The molecule has 1 atom stereocenters. The molecular formula is C6H14Br3N3S. The van der Waals surface area contributed by atoms with Gasteiger partial charge in [0.2, 0.25) is 0 Å². The zero-order valence-corrected chi connectivity index (χ0v) is 12.7. The van der Waals surface area contributed by atoms with Crippen molar-refractivity contribution in [3.8, 4) is 0 Å². The Morgan fingerprint density at radius 1 is 1.62 bits per heavy atom. The summed E-state index contributed by atoms with van der Waals surface area (Å²) < 4.78 is 0. The molecule has 3 nitrogen and oxygen atoms in total. The van der Waals surface area contributed by atoms with Gasteiger partial charge in [-0.3, -0.25) is 10.3 Å². The van der Waals surface area contributed by atoms with Crippen LogP contribution in [0.15, 0.2) is 0 Å². The SMILES string of the molecule is [Br-].[Br-].[NH3+]CCNC1=[NH+]CC(CBr)S1. The third-order valence-electron chi connectivity index (χ3n) is 1.41. The fourth-order valence-electron chi connectivity index (χ4n) is 0.849. The molecule has 0 aromatic heterocycles. The lowest BCUT2D eigenvalue weighted by Crippen LogP contribution is -3.00. The summed E-state index contributed by atoms with van der Waals surface area (Å²) in [6.45, 7) is 2.96. The molecule has 0 bridgehead atoms. The molecule has 1 aliphatic heterocycles. The molecule has 13 heavy (non-hydrogen) atoms. The van der Waals surface area contributed by atoms with Crippen molar-refractivity contribution >= 4 is 32.9 Å². The van der Waals surface area contributed by atoms with Crippen molar-refractivity contribution in [3.63, 3.8) is 0 Å². The van der Waals surface area contributed by atoms with Gasteiger partial charge in [0.1, 0.15) is 13.1 Å². The first-order valence-corrected chi connectivity index (χ1v) is 5.73. The first-order chi connectivity index (χ1) is 5.36. The maximum Gasteiger partial charge on any atom is 0.304 e. The molecule has 80 valence electrons. The Bertz CT molecular complexity index is 156. The van der Waals surface area contributed by atoms with E-state index >= 15 is 0 Å². The summed E-state index contributed by atoms with van der Waals surface area (Å²) >= 11 is 5.33. The van der Waals surface area contributed by atoms with Crippen LogP contribution in [0.5, 0.6) is 0 Å². The smallest absolute Gasteiger partial charge is 0.304 e. The Labute approximate surface area is 112 Å². The van der Waals surface area contributed by atoms with Crippen molar-refractivity contribution in [1.29, 1.82) is 0 Å². The fourth-order valence-corrected chi connectivity index (χ4v) is 2.39. The molecule has 1 rings (SSSR count). The largest absolute Gasteiger partial charge is 1.00 e. The highest BCUT2D eigenvalue weighted by molar-refractivity contribution is 9.09. The maximum atomic E-state index is 3.76. The van der Waals surface area contributed by atoms with Crippen LogP contribution in [0.4, 0.5) is 0 Å². The van der Waals surface area contributed by atoms with E-state index < -0.39 is 0 Å². The van der Waals surface area contributed by atoms with Crippen molar-refractivity contribution in [2.45, 2.75) is 5.25 Å². The summed E-state index contributed by atoms with van der Waals surface area (Å²) in [5.41, 5.74) is 3.76. The van der Waals surface area contributed by atoms with E-state index in [0.717, 1.165) is 25.0 Å². The summed E-state index contributed by atoms with van der Waals surface area (Å²) in [6.07, 6.45) is 0. The number of nitrogens with one attached hydrogen (secondary N) is 2. The van der Waals surface area contributed by atoms with Gasteiger partial charge in [0.15, 0.2) is 0 Å².